The van der Waals surface area contributed by atoms with Crippen LogP contribution < -0.4 is 5.32 Å². The molecule has 3 nitrogen and oxygen atoms in total. The summed E-state index contributed by atoms with van der Waals surface area (Å²) in [6.45, 7) is 2.18. The number of hydrogen-bond acceptors (Lipinski definition) is 3. The number of rotatable bonds is 4. The SMILES string of the molecule is CCOC(=O)NC1Cc2ccccc2C1Sc1ccc(Cl)cc1. The number of fused-ring (bicyclic) bond motifs is 1. The molecule has 0 heterocycles. The fourth-order valence-corrected chi connectivity index (χ4v) is 4.21. The molecule has 1 aliphatic rings. The summed E-state index contributed by atoms with van der Waals surface area (Å²) in [4.78, 5) is 13.0. The molecule has 0 spiro atoms. The maximum absolute atomic E-state index is 11.8. The molecule has 0 bridgehead atoms. The number of ether oxygens (including phenoxy) is 1. The Morgan fingerprint density at radius 3 is 2.74 bits per heavy atom. The van der Waals surface area contributed by atoms with Crippen molar-refractivity contribution in [2.45, 2.75) is 29.5 Å². The molecular weight excluding hydrogens is 330 g/mol. The molecule has 0 saturated heterocycles. The molecule has 2 aromatic rings. The van der Waals surface area contributed by atoms with Gasteiger partial charge in [0.1, 0.15) is 0 Å². The number of hydrogen-bond donors (Lipinski definition) is 1. The van der Waals surface area contributed by atoms with Gasteiger partial charge in [-0.1, -0.05) is 35.9 Å². The maximum Gasteiger partial charge on any atom is 0.407 e. The molecule has 0 fully saturated rings. The Kier molecular flexibility index (Phi) is 5.13. The van der Waals surface area contributed by atoms with Gasteiger partial charge in [-0.15, -0.1) is 11.8 Å². The Bertz CT molecular complexity index is 690. The highest BCUT2D eigenvalue weighted by atomic mass is 35.5. The Morgan fingerprint density at radius 1 is 1.26 bits per heavy atom. The van der Waals surface area contributed by atoms with E-state index >= 15 is 0 Å². The van der Waals surface area contributed by atoms with Crippen LogP contribution in [0.3, 0.4) is 0 Å². The van der Waals surface area contributed by atoms with Crippen LogP contribution in [0.25, 0.3) is 0 Å². The normalized spacial score (nSPS) is 19.2. The summed E-state index contributed by atoms with van der Waals surface area (Å²) in [6.07, 6.45) is 0.465. The molecule has 5 heteroatoms. The van der Waals surface area contributed by atoms with Crippen molar-refractivity contribution in [3.63, 3.8) is 0 Å². The van der Waals surface area contributed by atoms with Gasteiger partial charge in [0.2, 0.25) is 0 Å². The molecule has 0 aromatic heterocycles. The highest BCUT2D eigenvalue weighted by Crippen LogP contribution is 2.44. The summed E-state index contributed by atoms with van der Waals surface area (Å²) in [5.41, 5.74) is 2.55. The zero-order valence-electron chi connectivity index (χ0n) is 12.8. The lowest BCUT2D eigenvalue weighted by Crippen LogP contribution is -2.37. The second kappa shape index (κ2) is 7.28. The summed E-state index contributed by atoms with van der Waals surface area (Å²) < 4.78 is 5.04. The second-order valence-corrected chi connectivity index (χ2v) is 7.02. The van der Waals surface area contributed by atoms with Gasteiger partial charge in [-0.25, -0.2) is 4.79 Å². The third kappa shape index (κ3) is 3.82. The van der Waals surface area contributed by atoms with E-state index in [2.05, 4.69) is 17.4 Å². The van der Waals surface area contributed by atoms with E-state index in [1.807, 2.05) is 43.3 Å². The van der Waals surface area contributed by atoms with Crippen LogP contribution in [0, 0.1) is 0 Å². The lowest BCUT2D eigenvalue weighted by molar-refractivity contribution is 0.148. The fraction of sp³-hybridized carbons (Fsp3) is 0.278. The summed E-state index contributed by atoms with van der Waals surface area (Å²) in [7, 11) is 0. The molecule has 2 atom stereocenters. The van der Waals surface area contributed by atoms with E-state index in [-0.39, 0.29) is 17.4 Å². The average molecular weight is 348 g/mol. The Hall–Kier alpha value is -1.65. The van der Waals surface area contributed by atoms with Crippen molar-refractivity contribution in [2.24, 2.45) is 0 Å². The highest BCUT2D eigenvalue weighted by Gasteiger charge is 2.34. The molecule has 1 amide bonds. The van der Waals surface area contributed by atoms with Crippen molar-refractivity contribution in [1.29, 1.82) is 0 Å². The smallest absolute Gasteiger partial charge is 0.407 e. The first kappa shape index (κ1) is 16.2. The predicted octanol–water partition coefficient (Wildman–Crippen LogP) is 4.84. The lowest BCUT2D eigenvalue weighted by atomic mass is 10.1. The molecule has 0 aliphatic heterocycles. The largest absolute Gasteiger partial charge is 0.450 e. The Labute approximate surface area is 145 Å². The standard InChI is InChI=1S/C18H18ClNO2S/c1-2-22-18(21)20-16-11-12-5-3-4-6-15(12)17(16)23-14-9-7-13(19)8-10-14/h3-10,16-17H,2,11H2,1H3,(H,20,21). The lowest BCUT2D eigenvalue weighted by Gasteiger charge is -2.21. The van der Waals surface area contributed by atoms with E-state index in [0.29, 0.717) is 6.61 Å². The van der Waals surface area contributed by atoms with E-state index in [0.717, 1.165) is 16.3 Å². The van der Waals surface area contributed by atoms with Gasteiger partial charge in [0, 0.05) is 9.92 Å². The van der Waals surface area contributed by atoms with Crippen molar-refractivity contribution >= 4 is 29.5 Å². The number of halogens is 1. The van der Waals surface area contributed by atoms with Crippen LogP contribution >= 0.6 is 23.4 Å². The van der Waals surface area contributed by atoms with Crippen molar-refractivity contribution in [3.05, 3.63) is 64.7 Å². The van der Waals surface area contributed by atoms with Gasteiger partial charge in [-0.2, -0.15) is 0 Å². The topological polar surface area (TPSA) is 38.3 Å². The molecule has 23 heavy (non-hydrogen) atoms. The molecule has 1 aliphatic carbocycles. The van der Waals surface area contributed by atoms with Crippen LogP contribution in [0.4, 0.5) is 4.79 Å². The minimum absolute atomic E-state index is 0.0205. The van der Waals surface area contributed by atoms with Crippen LogP contribution in [0.15, 0.2) is 53.4 Å². The number of amides is 1. The molecule has 0 radical (unpaired) electrons. The van der Waals surface area contributed by atoms with Crippen LogP contribution in [0.2, 0.25) is 5.02 Å². The number of alkyl carbamates (subject to hydrolysis) is 1. The third-order valence-electron chi connectivity index (χ3n) is 3.82. The van der Waals surface area contributed by atoms with E-state index < -0.39 is 0 Å². The predicted molar refractivity (Wildman–Crippen MR) is 94.1 cm³/mol. The van der Waals surface area contributed by atoms with Gasteiger partial charge in [0.25, 0.3) is 0 Å². The van der Waals surface area contributed by atoms with Crippen LogP contribution in [-0.2, 0) is 11.2 Å². The van der Waals surface area contributed by atoms with Gasteiger partial charge in [0.05, 0.1) is 17.9 Å². The van der Waals surface area contributed by atoms with Crippen molar-refractivity contribution in [2.75, 3.05) is 6.61 Å². The zero-order valence-corrected chi connectivity index (χ0v) is 14.4. The zero-order chi connectivity index (χ0) is 16.2. The van der Waals surface area contributed by atoms with Crippen molar-refractivity contribution < 1.29 is 9.53 Å². The Morgan fingerprint density at radius 2 is 2.00 bits per heavy atom. The highest BCUT2D eigenvalue weighted by molar-refractivity contribution is 7.99. The van der Waals surface area contributed by atoms with Crippen LogP contribution in [-0.4, -0.2) is 18.7 Å². The maximum atomic E-state index is 11.8. The minimum Gasteiger partial charge on any atom is -0.450 e. The van der Waals surface area contributed by atoms with Gasteiger partial charge in [-0.05, 0) is 48.7 Å². The van der Waals surface area contributed by atoms with Gasteiger partial charge in [-0.3, -0.25) is 0 Å². The quantitative estimate of drug-likeness (QED) is 0.859. The number of thioether (sulfide) groups is 1. The molecule has 2 aromatic carbocycles. The Balaban J connectivity index is 1.82. The number of nitrogens with one attached hydrogen (secondary N) is 1. The number of carbonyl (C=O) groups is 1. The summed E-state index contributed by atoms with van der Waals surface area (Å²) in [6, 6.07) is 16.2. The van der Waals surface area contributed by atoms with Crippen LogP contribution in [0.5, 0.6) is 0 Å². The van der Waals surface area contributed by atoms with Gasteiger partial charge in [0.15, 0.2) is 0 Å². The van der Waals surface area contributed by atoms with Gasteiger partial charge < -0.3 is 10.1 Å². The van der Waals surface area contributed by atoms with Gasteiger partial charge >= 0.3 is 6.09 Å². The van der Waals surface area contributed by atoms with Crippen molar-refractivity contribution in [1.82, 2.24) is 5.32 Å². The molecule has 1 N–H and O–H groups in total. The van der Waals surface area contributed by atoms with Crippen LogP contribution in [0.1, 0.15) is 23.3 Å². The molecule has 120 valence electrons. The number of carbonyl (C=O) groups excluding carboxylic acids is 1. The van der Waals surface area contributed by atoms with E-state index in [1.165, 1.54) is 11.1 Å². The first-order valence-electron chi connectivity index (χ1n) is 7.60. The van der Waals surface area contributed by atoms with E-state index in [4.69, 9.17) is 16.3 Å². The fourth-order valence-electron chi connectivity index (χ4n) is 2.81. The number of benzene rings is 2. The average Bonchev–Trinajstić information content (AvgIpc) is 2.87. The molecule has 2 unspecified atom stereocenters. The first-order chi connectivity index (χ1) is 11.2. The third-order valence-corrected chi connectivity index (χ3v) is 5.45. The summed E-state index contributed by atoms with van der Waals surface area (Å²) in [5.74, 6) is 0. The summed E-state index contributed by atoms with van der Waals surface area (Å²) in [5, 5.41) is 3.89. The van der Waals surface area contributed by atoms with E-state index in [9.17, 15) is 4.79 Å². The van der Waals surface area contributed by atoms with E-state index in [1.54, 1.807) is 11.8 Å². The molecular formula is C18H18ClNO2S. The summed E-state index contributed by atoms with van der Waals surface area (Å²) >= 11 is 7.70. The molecule has 3 rings (SSSR count). The molecule has 0 saturated carbocycles. The second-order valence-electron chi connectivity index (χ2n) is 5.37. The minimum atomic E-state index is -0.355. The monoisotopic (exact) mass is 347 g/mol. The van der Waals surface area contributed by atoms with Crippen molar-refractivity contribution in [3.8, 4) is 0 Å². The first-order valence-corrected chi connectivity index (χ1v) is 8.86.